The van der Waals surface area contributed by atoms with Crippen molar-refractivity contribution in [3.63, 3.8) is 0 Å². The third kappa shape index (κ3) is 5.22. The van der Waals surface area contributed by atoms with E-state index in [1.54, 1.807) is 7.11 Å². The third-order valence-electron chi connectivity index (χ3n) is 3.98. The molecule has 0 aliphatic rings. The van der Waals surface area contributed by atoms with Crippen LogP contribution < -0.4 is 10.1 Å². The highest BCUT2D eigenvalue weighted by atomic mass is 32.2. The lowest BCUT2D eigenvalue weighted by Gasteiger charge is -2.01. The van der Waals surface area contributed by atoms with Crippen molar-refractivity contribution in [3.8, 4) is 17.2 Å². The molecule has 2 aromatic carbocycles. The Balaban J connectivity index is 1.28. The molecule has 10 heteroatoms. The van der Waals surface area contributed by atoms with Crippen LogP contribution in [0.5, 0.6) is 5.75 Å². The Hall–Kier alpha value is -3.24. The minimum Gasteiger partial charge on any atom is -0.497 e. The van der Waals surface area contributed by atoms with Crippen molar-refractivity contribution in [2.45, 2.75) is 11.6 Å². The Morgan fingerprint density at radius 2 is 1.87 bits per heavy atom. The predicted octanol–water partition coefficient (Wildman–Crippen LogP) is 3.92. The molecule has 0 saturated heterocycles. The summed E-state index contributed by atoms with van der Waals surface area (Å²) in [4.78, 5) is 12.2. The molecular formula is C20H17N5O3S2. The van der Waals surface area contributed by atoms with Gasteiger partial charge in [-0.1, -0.05) is 53.4 Å². The fourth-order valence-corrected chi connectivity index (χ4v) is 3.90. The number of hydrogen-bond donors (Lipinski definition) is 1. The molecule has 0 saturated carbocycles. The Morgan fingerprint density at radius 3 is 2.63 bits per heavy atom. The first-order valence-electron chi connectivity index (χ1n) is 8.96. The zero-order chi connectivity index (χ0) is 20.8. The summed E-state index contributed by atoms with van der Waals surface area (Å²) in [7, 11) is 1.63. The summed E-state index contributed by atoms with van der Waals surface area (Å²) in [6.45, 7) is 0. The third-order valence-corrected chi connectivity index (χ3v) is 5.64. The molecule has 2 heterocycles. The monoisotopic (exact) mass is 439 g/mol. The maximum atomic E-state index is 12.2. The first kappa shape index (κ1) is 20.0. The highest BCUT2D eigenvalue weighted by Gasteiger charge is 2.13. The van der Waals surface area contributed by atoms with Crippen LogP contribution in [0, 0.1) is 0 Å². The summed E-state index contributed by atoms with van der Waals surface area (Å²) >= 11 is 2.51. The second-order valence-electron chi connectivity index (χ2n) is 6.10. The maximum absolute atomic E-state index is 12.2. The van der Waals surface area contributed by atoms with Crippen molar-refractivity contribution in [2.24, 2.45) is 0 Å². The molecular weight excluding hydrogens is 422 g/mol. The highest BCUT2D eigenvalue weighted by molar-refractivity contribution is 7.99. The van der Waals surface area contributed by atoms with Crippen molar-refractivity contribution in [3.05, 3.63) is 65.2 Å². The van der Waals surface area contributed by atoms with Gasteiger partial charge in [0.25, 0.3) is 5.22 Å². The Labute approximate surface area is 180 Å². The SMILES string of the molecule is COc1ccc(Cc2nnc(NC(=O)CSc3nnc(-c4ccccc4)o3)s2)cc1. The summed E-state index contributed by atoms with van der Waals surface area (Å²) in [6.07, 6.45) is 0.635. The van der Waals surface area contributed by atoms with Crippen LogP contribution in [0.3, 0.4) is 0 Å². The van der Waals surface area contributed by atoms with Gasteiger partial charge in [-0.05, 0) is 29.8 Å². The van der Waals surface area contributed by atoms with Crippen molar-refractivity contribution >= 4 is 34.1 Å². The van der Waals surface area contributed by atoms with Gasteiger partial charge < -0.3 is 9.15 Å². The van der Waals surface area contributed by atoms with Crippen LogP contribution in [0.2, 0.25) is 0 Å². The average Bonchev–Trinajstić information content (AvgIpc) is 3.43. The number of nitrogens with zero attached hydrogens (tertiary/aromatic N) is 4. The van der Waals surface area contributed by atoms with Gasteiger partial charge >= 0.3 is 0 Å². The van der Waals surface area contributed by atoms with Crippen LogP contribution in [0.25, 0.3) is 11.5 Å². The summed E-state index contributed by atoms with van der Waals surface area (Å²) in [6, 6.07) is 17.2. The maximum Gasteiger partial charge on any atom is 0.277 e. The first-order valence-corrected chi connectivity index (χ1v) is 10.8. The van der Waals surface area contributed by atoms with Crippen LogP contribution >= 0.6 is 23.1 Å². The van der Waals surface area contributed by atoms with Crippen LogP contribution in [-0.4, -0.2) is 39.2 Å². The number of carbonyl (C=O) groups excluding carboxylic acids is 1. The van der Waals surface area contributed by atoms with E-state index in [1.807, 2.05) is 54.6 Å². The van der Waals surface area contributed by atoms with Gasteiger partial charge in [0.1, 0.15) is 10.8 Å². The molecule has 2 aromatic heterocycles. The van der Waals surface area contributed by atoms with E-state index in [0.717, 1.165) is 21.9 Å². The molecule has 0 aliphatic carbocycles. The molecule has 0 fully saturated rings. The van der Waals surface area contributed by atoms with Gasteiger partial charge in [-0.25, -0.2) is 0 Å². The molecule has 4 rings (SSSR count). The van der Waals surface area contributed by atoms with Crippen molar-refractivity contribution in [1.82, 2.24) is 20.4 Å². The number of anilines is 1. The second-order valence-corrected chi connectivity index (χ2v) is 8.09. The highest BCUT2D eigenvalue weighted by Crippen LogP contribution is 2.24. The Bertz CT molecular complexity index is 1110. The first-order chi connectivity index (χ1) is 14.7. The van der Waals surface area contributed by atoms with Crippen LogP contribution in [0.4, 0.5) is 5.13 Å². The molecule has 0 unspecified atom stereocenters. The number of nitrogens with one attached hydrogen (secondary N) is 1. The molecule has 8 nitrogen and oxygen atoms in total. The molecule has 30 heavy (non-hydrogen) atoms. The molecule has 0 radical (unpaired) electrons. The largest absolute Gasteiger partial charge is 0.497 e. The lowest BCUT2D eigenvalue weighted by molar-refractivity contribution is -0.113. The van der Waals surface area contributed by atoms with Gasteiger partial charge in [0.05, 0.1) is 12.9 Å². The number of thioether (sulfide) groups is 1. The van der Waals surface area contributed by atoms with Gasteiger partial charge in [-0.15, -0.1) is 20.4 Å². The van der Waals surface area contributed by atoms with Crippen LogP contribution in [0.1, 0.15) is 10.6 Å². The van der Waals surface area contributed by atoms with Gasteiger partial charge in [0.15, 0.2) is 0 Å². The Morgan fingerprint density at radius 1 is 1.07 bits per heavy atom. The topological polar surface area (TPSA) is 103 Å². The molecule has 0 bridgehead atoms. The van der Waals surface area contributed by atoms with Crippen molar-refractivity contribution < 1.29 is 13.9 Å². The van der Waals surface area contributed by atoms with Gasteiger partial charge in [-0.2, -0.15) is 0 Å². The van der Waals surface area contributed by atoms with Crippen LogP contribution in [-0.2, 0) is 11.2 Å². The lowest BCUT2D eigenvalue weighted by Crippen LogP contribution is -2.13. The van der Waals surface area contributed by atoms with Crippen molar-refractivity contribution in [2.75, 3.05) is 18.2 Å². The van der Waals surface area contributed by atoms with E-state index in [0.29, 0.717) is 22.7 Å². The van der Waals surface area contributed by atoms with E-state index in [9.17, 15) is 4.79 Å². The second kappa shape index (κ2) is 9.51. The van der Waals surface area contributed by atoms with Gasteiger partial charge in [0.2, 0.25) is 16.9 Å². The molecule has 1 N–H and O–H groups in total. The number of methoxy groups -OCH3 is 1. The van der Waals surface area contributed by atoms with Crippen molar-refractivity contribution in [1.29, 1.82) is 0 Å². The van der Waals surface area contributed by atoms with Gasteiger partial charge in [0, 0.05) is 12.0 Å². The van der Waals surface area contributed by atoms with Gasteiger partial charge in [-0.3, -0.25) is 10.1 Å². The van der Waals surface area contributed by atoms with E-state index < -0.39 is 0 Å². The average molecular weight is 440 g/mol. The zero-order valence-corrected chi connectivity index (χ0v) is 17.6. The molecule has 152 valence electrons. The Kier molecular flexibility index (Phi) is 6.35. The number of rotatable bonds is 8. The smallest absolute Gasteiger partial charge is 0.277 e. The minimum absolute atomic E-state index is 0.129. The van der Waals surface area contributed by atoms with E-state index in [2.05, 4.69) is 25.7 Å². The van der Waals surface area contributed by atoms with E-state index in [4.69, 9.17) is 9.15 Å². The minimum atomic E-state index is -0.216. The number of carbonyl (C=O) groups is 1. The summed E-state index contributed by atoms with van der Waals surface area (Å²) in [5.41, 5.74) is 1.92. The van der Waals surface area contributed by atoms with E-state index in [1.165, 1.54) is 23.1 Å². The van der Waals surface area contributed by atoms with Crippen LogP contribution in [0.15, 0.2) is 64.2 Å². The number of hydrogen-bond acceptors (Lipinski definition) is 9. The fourth-order valence-electron chi connectivity index (χ4n) is 2.54. The van der Waals surface area contributed by atoms with E-state index >= 15 is 0 Å². The molecule has 0 spiro atoms. The summed E-state index contributed by atoms with van der Waals surface area (Å²) in [5, 5.41) is 20.5. The molecule has 1 amide bonds. The number of aromatic nitrogens is 4. The quantitative estimate of drug-likeness (QED) is 0.412. The summed E-state index contributed by atoms with van der Waals surface area (Å²) < 4.78 is 10.7. The fraction of sp³-hybridized carbons (Fsp3) is 0.150. The van der Waals surface area contributed by atoms with E-state index in [-0.39, 0.29) is 11.7 Å². The lowest BCUT2D eigenvalue weighted by atomic mass is 10.1. The normalized spacial score (nSPS) is 10.7. The zero-order valence-electron chi connectivity index (χ0n) is 15.9. The summed E-state index contributed by atoms with van der Waals surface area (Å²) in [5.74, 6) is 1.14. The number of benzene rings is 2. The molecule has 0 aliphatic heterocycles. The number of ether oxygens (including phenoxy) is 1. The predicted molar refractivity (Wildman–Crippen MR) is 115 cm³/mol. The molecule has 4 aromatic rings. The molecule has 0 atom stereocenters. The standard InChI is InChI=1S/C20H17N5O3S2/c1-27-15-9-7-13(8-10-15)11-17-22-24-19(30-17)21-16(26)12-29-20-25-23-18(28-20)14-5-3-2-4-6-14/h2-10H,11-12H2,1H3,(H,21,24,26). The number of amides is 1.